The Bertz CT molecular complexity index is 344. The van der Waals surface area contributed by atoms with E-state index in [2.05, 4.69) is 22.5 Å². The van der Waals surface area contributed by atoms with Crippen molar-refractivity contribution < 1.29 is 4.79 Å². The van der Waals surface area contributed by atoms with E-state index in [4.69, 9.17) is 11.6 Å². The van der Waals surface area contributed by atoms with Crippen molar-refractivity contribution in [3.8, 4) is 0 Å². The molecule has 1 amide bonds. The third kappa shape index (κ3) is 4.16. The summed E-state index contributed by atoms with van der Waals surface area (Å²) >= 11 is 5.85. The lowest BCUT2D eigenvalue weighted by Crippen LogP contribution is -2.27. The summed E-state index contributed by atoms with van der Waals surface area (Å²) < 4.78 is 0. The van der Waals surface area contributed by atoms with E-state index >= 15 is 0 Å². The summed E-state index contributed by atoms with van der Waals surface area (Å²) in [5.74, 6) is -0.149. The molecule has 0 aliphatic rings. The van der Waals surface area contributed by atoms with Gasteiger partial charge in [0.1, 0.15) is 0 Å². The van der Waals surface area contributed by atoms with E-state index in [9.17, 15) is 4.79 Å². The number of amides is 1. The minimum atomic E-state index is -0.149. The van der Waals surface area contributed by atoms with Gasteiger partial charge >= 0.3 is 0 Å². The SMILES string of the molecule is CCNCCCNC(=O)c1ccncc1Cl. The summed E-state index contributed by atoms with van der Waals surface area (Å²) in [4.78, 5) is 15.5. The van der Waals surface area contributed by atoms with Crippen molar-refractivity contribution in [1.82, 2.24) is 15.6 Å². The fourth-order valence-corrected chi connectivity index (χ4v) is 1.45. The summed E-state index contributed by atoms with van der Waals surface area (Å²) in [5.41, 5.74) is 0.472. The molecule has 0 atom stereocenters. The lowest BCUT2D eigenvalue weighted by atomic mass is 10.2. The van der Waals surface area contributed by atoms with Crippen molar-refractivity contribution in [2.24, 2.45) is 0 Å². The zero-order valence-electron chi connectivity index (χ0n) is 9.29. The van der Waals surface area contributed by atoms with E-state index in [0.717, 1.165) is 19.5 Å². The Labute approximate surface area is 100 Å². The molecule has 0 aliphatic heterocycles. The Morgan fingerprint density at radius 1 is 1.50 bits per heavy atom. The maximum Gasteiger partial charge on any atom is 0.252 e. The number of halogens is 1. The number of nitrogens with zero attached hydrogens (tertiary/aromatic N) is 1. The highest BCUT2D eigenvalue weighted by Gasteiger charge is 2.08. The van der Waals surface area contributed by atoms with E-state index in [0.29, 0.717) is 17.1 Å². The highest BCUT2D eigenvalue weighted by atomic mass is 35.5. The van der Waals surface area contributed by atoms with Crippen LogP contribution in [0.4, 0.5) is 0 Å². The van der Waals surface area contributed by atoms with Crippen LogP contribution in [-0.4, -0.2) is 30.5 Å². The zero-order valence-corrected chi connectivity index (χ0v) is 10.0. The Morgan fingerprint density at radius 2 is 2.31 bits per heavy atom. The summed E-state index contributed by atoms with van der Waals surface area (Å²) in [6.07, 6.45) is 3.93. The molecule has 1 aromatic rings. The molecule has 4 nitrogen and oxygen atoms in total. The first-order valence-electron chi connectivity index (χ1n) is 5.34. The predicted molar refractivity (Wildman–Crippen MR) is 64.7 cm³/mol. The Kier molecular flexibility index (Phi) is 5.82. The van der Waals surface area contributed by atoms with E-state index in [-0.39, 0.29) is 5.91 Å². The summed E-state index contributed by atoms with van der Waals surface area (Å²) in [6.45, 7) is 4.55. The first-order valence-corrected chi connectivity index (χ1v) is 5.72. The first kappa shape index (κ1) is 12.9. The number of carbonyl (C=O) groups excluding carboxylic acids is 1. The fourth-order valence-electron chi connectivity index (χ4n) is 1.25. The number of rotatable bonds is 6. The number of carbonyl (C=O) groups is 1. The van der Waals surface area contributed by atoms with Crippen LogP contribution in [0.25, 0.3) is 0 Å². The summed E-state index contributed by atoms with van der Waals surface area (Å²) in [5, 5.41) is 6.37. The molecule has 5 heteroatoms. The highest BCUT2D eigenvalue weighted by molar-refractivity contribution is 6.33. The van der Waals surface area contributed by atoms with Crippen molar-refractivity contribution in [1.29, 1.82) is 0 Å². The van der Waals surface area contributed by atoms with Gasteiger partial charge in [0.25, 0.3) is 5.91 Å². The molecular weight excluding hydrogens is 226 g/mol. The maximum atomic E-state index is 11.7. The molecule has 0 aromatic carbocycles. The molecule has 1 aromatic heterocycles. The van der Waals surface area contributed by atoms with Crippen molar-refractivity contribution in [3.63, 3.8) is 0 Å². The van der Waals surface area contributed by atoms with Crippen LogP contribution in [0, 0.1) is 0 Å². The minimum Gasteiger partial charge on any atom is -0.352 e. The Balaban J connectivity index is 2.33. The van der Waals surface area contributed by atoms with E-state index in [1.165, 1.54) is 6.20 Å². The van der Waals surface area contributed by atoms with Gasteiger partial charge in [0.2, 0.25) is 0 Å². The normalized spacial score (nSPS) is 10.1. The lowest BCUT2D eigenvalue weighted by molar-refractivity contribution is 0.0953. The first-order chi connectivity index (χ1) is 7.75. The quantitative estimate of drug-likeness (QED) is 0.742. The smallest absolute Gasteiger partial charge is 0.252 e. The van der Waals surface area contributed by atoms with E-state index in [1.807, 2.05) is 0 Å². The standard InChI is InChI=1S/C11H16ClN3O/c1-2-13-5-3-6-15-11(16)9-4-7-14-8-10(9)12/h4,7-8,13H,2-3,5-6H2,1H3,(H,15,16). The van der Waals surface area contributed by atoms with Gasteiger partial charge in [-0.1, -0.05) is 18.5 Å². The second-order valence-corrected chi connectivity index (χ2v) is 3.73. The average Bonchev–Trinajstić information content (AvgIpc) is 2.29. The minimum absolute atomic E-state index is 0.149. The monoisotopic (exact) mass is 241 g/mol. The van der Waals surface area contributed by atoms with Crippen LogP contribution in [0.1, 0.15) is 23.7 Å². The molecule has 2 N–H and O–H groups in total. The fraction of sp³-hybridized carbons (Fsp3) is 0.455. The molecule has 0 radical (unpaired) electrons. The van der Waals surface area contributed by atoms with Gasteiger partial charge in [0.15, 0.2) is 0 Å². The largest absolute Gasteiger partial charge is 0.352 e. The summed E-state index contributed by atoms with van der Waals surface area (Å²) in [7, 11) is 0. The number of aromatic nitrogens is 1. The van der Waals surface area contributed by atoms with Crippen LogP contribution in [-0.2, 0) is 0 Å². The van der Waals surface area contributed by atoms with Gasteiger partial charge in [-0.05, 0) is 25.6 Å². The molecular formula is C11H16ClN3O. The molecule has 88 valence electrons. The van der Waals surface area contributed by atoms with Gasteiger partial charge in [0.05, 0.1) is 10.6 Å². The molecule has 0 saturated carbocycles. The Morgan fingerprint density at radius 3 is 3.00 bits per heavy atom. The lowest BCUT2D eigenvalue weighted by Gasteiger charge is -2.06. The van der Waals surface area contributed by atoms with Crippen LogP contribution in [0.5, 0.6) is 0 Å². The van der Waals surface area contributed by atoms with E-state index in [1.54, 1.807) is 12.3 Å². The van der Waals surface area contributed by atoms with Crippen LogP contribution < -0.4 is 10.6 Å². The molecule has 16 heavy (non-hydrogen) atoms. The predicted octanol–water partition coefficient (Wildman–Crippen LogP) is 1.46. The maximum absolute atomic E-state index is 11.7. The number of hydrogen-bond donors (Lipinski definition) is 2. The van der Waals surface area contributed by atoms with Crippen molar-refractivity contribution in [3.05, 3.63) is 29.0 Å². The molecule has 0 unspecified atom stereocenters. The third-order valence-corrected chi connectivity index (χ3v) is 2.38. The molecule has 0 aliphatic carbocycles. The Hall–Kier alpha value is -1.13. The summed E-state index contributed by atoms with van der Waals surface area (Å²) in [6, 6.07) is 1.61. The van der Waals surface area contributed by atoms with E-state index < -0.39 is 0 Å². The van der Waals surface area contributed by atoms with Gasteiger partial charge in [0, 0.05) is 18.9 Å². The highest BCUT2D eigenvalue weighted by Crippen LogP contribution is 2.12. The van der Waals surface area contributed by atoms with Crippen molar-refractivity contribution >= 4 is 17.5 Å². The molecule has 0 spiro atoms. The van der Waals surface area contributed by atoms with Gasteiger partial charge < -0.3 is 10.6 Å². The van der Waals surface area contributed by atoms with Crippen molar-refractivity contribution in [2.75, 3.05) is 19.6 Å². The van der Waals surface area contributed by atoms with Gasteiger partial charge in [-0.2, -0.15) is 0 Å². The molecule has 0 saturated heterocycles. The number of nitrogens with one attached hydrogen (secondary N) is 2. The second kappa shape index (κ2) is 7.19. The van der Waals surface area contributed by atoms with Crippen molar-refractivity contribution in [2.45, 2.75) is 13.3 Å². The van der Waals surface area contributed by atoms with Crippen LogP contribution in [0.3, 0.4) is 0 Å². The van der Waals surface area contributed by atoms with Gasteiger partial charge in [-0.25, -0.2) is 0 Å². The van der Waals surface area contributed by atoms with Crippen LogP contribution in [0.15, 0.2) is 18.5 Å². The topological polar surface area (TPSA) is 54.0 Å². The number of hydrogen-bond acceptors (Lipinski definition) is 3. The second-order valence-electron chi connectivity index (χ2n) is 3.32. The molecule has 1 heterocycles. The average molecular weight is 242 g/mol. The van der Waals surface area contributed by atoms with Gasteiger partial charge in [-0.3, -0.25) is 9.78 Å². The van der Waals surface area contributed by atoms with Gasteiger partial charge in [-0.15, -0.1) is 0 Å². The van der Waals surface area contributed by atoms with Crippen LogP contribution in [0.2, 0.25) is 5.02 Å². The third-order valence-electron chi connectivity index (χ3n) is 2.08. The number of pyridine rings is 1. The zero-order chi connectivity index (χ0) is 11.8. The molecule has 1 rings (SSSR count). The molecule has 0 bridgehead atoms. The molecule has 0 fully saturated rings. The van der Waals surface area contributed by atoms with Crippen LogP contribution >= 0.6 is 11.6 Å².